The first-order chi connectivity index (χ1) is 11.2. The Bertz CT molecular complexity index is 674. The minimum atomic E-state index is 0.0565. The minimum absolute atomic E-state index is 0.0565. The van der Waals surface area contributed by atoms with E-state index in [9.17, 15) is 4.79 Å². The predicted octanol–water partition coefficient (Wildman–Crippen LogP) is 2.81. The zero-order valence-electron chi connectivity index (χ0n) is 13.4. The molecule has 0 bridgehead atoms. The fourth-order valence-corrected chi connectivity index (χ4v) is 4.20. The van der Waals surface area contributed by atoms with Gasteiger partial charge in [-0.25, -0.2) is 0 Å². The maximum atomic E-state index is 12.7. The molecule has 0 aromatic carbocycles. The summed E-state index contributed by atoms with van der Waals surface area (Å²) in [6.07, 6.45) is 4.65. The monoisotopic (exact) mass is 329 g/mol. The van der Waals surface area contributed by atoms with E-state index >= 15 is 0 Å². The van der Waals surface area contributed by atoms with E-state index in [2.05, 4.69) is 34.7 Å². The molecule has 5 heteroatoms. The molecule has 4 nitrogen and oxygen atoms in total. The second-order valence-electron chi connectivity index (χ2n) is 6.84. The molecular weight excluding hydrogens is 306 g/mol. The Morgan fingerprint density at radius 3 is 2.91 bits per heavy atom. The summed E-state index contributed by atoms with van der Waals surface area (Å²) in [4.78, 5) is 16.5. The molecule has 1 saturated heterocycles. The number of nitrogens with one attached hydrogen (secondary N) is 1. The van der Waals surface area contributed by atoms with Gasteiger partial charge in [0.05, 0.1) is 6.54 Å². The predicted molar refractivity (Wildman–Crippen MR) is 92.9 cm³/mol. The van der Waals surface area contributed by atoms with Crippen molar-refractivity contribution in [2.24, 2.45) is 5.92 Å². The summed E-state index contributed by atoms with van der Waals surface area (Å²) in [5.41, 5.74) is 0.760. The summed E-state index contributed by atoms with van der Waals surface area (Å²) in [5, 5.41) is 5.34. The SMILES string of the molecule is C[C@H]1CN(C2CC2)C[C@H]1NC(=O)c1cccn1Cc1cccs1. The lowest BCUT2D eigenvalue weighted by atomic mass is 10.1. The molecule has 1 N–H and O–H groups in total. The van der Waals surface area contributed by atoms with Gasteiger partial charge in [-0.15, -0.1) is 11.3 Å². The van der Waals surface area contributed by atoms with Gasteiger partial charge in [-0.2, -0.15) is 0 Å². The average molecular weight is 329 g/mol. The Kier molecular flexibility index (Phi) is 3.99. The molecule has 3 heterocycles. The maximum Gasteiger partial charge on any atom is 0.268 e. The fourth-order valence-electron chi connectivity index (χ4n) is 3.50. The topological polar surface area (TPSA) is 37.3 Å². The number of hydrogen-bond acceptors (Lipinski definition) is 3. The second kappa shape index (κ2) is 6.13. The number of rotatable bonds is 5. The van der Waals surface area contributed by atoms with E-state index in [4.69, 9.17) is 0 Å². The summed E-state index contributed by atoms with van der Waals surface area (Å²) < 4.78 is 2.04. The molecule has 1 aliphatic heterocycles. The molecule has 2 atom stereocenters. The van der Waals surface area contributed by atoms with Crippen molar-refractivity contribution in [2.45, 2.75) is 38.4 Å². The van der Waals surface area contributed by atoms with Crippen molar-refractivity contribution in [1.82, 2.24) is 14.8 Å². The molecule has 122 valence electrons. The highest BCUT2D eigenvalue weighted by Gasteiger charge is 2.38. The van der Waals surface area contributed by atoms with Crippen LogP contribution in [0.25, 0.3) is 0 Å². The Labute approximate surface area is 141 Å². The van der Waals surface area contributed by atoms with Crippen LogP contribution in [0.15, 0.2) is 35.8 Å². The fraction of sp³-hybridized carbons (Fsp3) is 0.500. The second-order valence-corrected chi connectivity index (χ2v) is 7.88. The van der Waals surface area contributed by atoms with Crippen molar-refractivity contribution >= 4 is 17.2 Å². The van der Waals surface area contributed by atoms with E-state index in [1.54, 1.807) is 11.3 Å². The van der Waals surface area contributed by atoms with Gasteiger partial charge in [-0.05, 0) is 42.3 Å². The quantitative estimate of drug-likeness (QED) is 0.916. The number of thiophene rings is 1. The van der Waals surface area contributed by atoms with E-state index in [-0.39, 0.29) is 11.9 Å². The molecule has 0 radical (unpaired) electrons. The Morgan fingerprint density at radius 2 is 2.17 bits per heavy atom. The van der Waals surface area contributed by atoms with Crippen LogP contribution in [0.2, 0.25) is 0 Å². The third-order valence-corrected chi connectivity index (χ3v) is 5.85. The van der Waals surface area contributed by atoms with E-state index in [0.29, 0.717) is 5.92 Å². The molecule has 4 rings (SSSR count). The van der Waals surface area contributed by atoms with Crippen LogP contribution in [0.1, 0.15) is 35.1 Å². The lowest BCUT2D eigenvalue weighted by Crippen LogP contribution is -2.40. The summed E-state index contributed by atoms with van der Waals surface area (Å²) in [6.45, 7) is 5.13. The molecule has 0 unspecified atom stereocenters. The van der Waals surface area contributed by atoms with Gasteiger partial charge >= 0.3 is 0 Å². The lowest BCUT2D eigenvalue weighted by molar-refractivity contribution is 0.0922. The van der Waals surface area contributed by atoms with Crippen LogP contribution < -0.4 is 5.32 Å². The number of hydrogen-bond donors (Lipinski definition) is 1. The highest BCUT2D eigenvalue weighted by molar-refractivity contribution is 7.09. The Morgan fingerprint density at radius 1 is 1.30 bits per heavy atom. The number of carbonyl (C=O) groups is 1. The molecule has 1 saturated carbocycles. The van der Waals surface area contributed by atoms with Gasteiger partial charge in [0.15, 0.2) is 0 Å². The molecule has 1 aliphatic carbocycles. The average Bonchev–Trinajstić information content (AvgIpc) is 2.93. The van der Waals surface area contributed by atoms with Crippen molar-refractivity contribution in [2.75, 3.05) is 13.1 Å². The number of aromatic nitrogens is 1. The molecular formula is C18H23N3OS. The van der Waals surface area contributed by atoms with Gasteiger partial charge in [0.25, 0.3) is 5.91 Å². The van der Waals surface area contributed by atoms with E-state index in [1.807, 2.05) is 22.9 Å². The van der Waals surface area contributed by atoms with Gasteiger partial charge in [0.2, 0.25) is 0 Å². The largest absolute Gasteiger partial charge is 0.346 e. The standard InChI is InChI=1S/C18H23N3OS/c1-13-10-21(14-6-7-14)12-16(13)19-18(22)17-5-2-8-20(17)11-15-4-3-9-23-15/h2-5,8-9,13-14,16H,6-7,10-12H2,1H3,(H,19,22)/t13-,16+/m0/s1. The van der Waals surface area contributed by atoms with Crippen molar-refractivity contribution in [1.29, 1.82) is 0 Å². The van der Waals surface area contributed by atoms with Crippen molar-refractivity contribution < 1.29 is 4.79 Å². The Hall–Kier alpha value is -1.59. The van der Waals surface area contributed by atoms with Crippen LogP contribution in [-0.2, 0) is 6.54 Å². The van der Waals surface area contributed by atoms with Crippen LogP contribution in [0.3, 0.4) is 0 Å². The van der Waals surface area contributed by atoms with Crippen LogP contribution >= 0.6 is 11.3 Å². The zero-order valence-corrected chi connectivity index (χ0v) is 14.3. The summed E-state index contributed by atoms with van der Waals surface area (Å²) >= 11 is 1.73. The number of likely N-dealkylation sites (tertiary alicyclic amines) is 1. The molecule has 23 heavy (non-hydrogen) atoms. The van der Waals surface area contributed by atoms with Crippen LogP contribution in [-0.4, -0.2) is 40.5 Å². The first-order valence-corrected chi connectivity index (χ1v) is 9.31. The summed E-state index contributed by atoms with van der Waals surface area (Å²) in [5.74, 6) is 0.585. The van der Waals surface area contributed by atoms with E-state index in [0.717, 1.165) is 31.4 Å². The van der Waals surface area contributed by atoms with E-state index in [1.165, 1.54) is 17.7 Å². The van der Waals surface area contributed by atoms with Gasteiger partial charge in [-0.1, -0.05) is 13.0 Å². The zero-order chi connectivity index (χ0) is 15.8. The maximum absolute atomic E-state index is 12.7. The highest BCUT2D eigenvalue weighted by Crippen LogP contribution is 2.31. The molecule has 2 aromatic rings. The third kappa shape index (κ3) is 3.21. The van der Waals surface area contributed by atoms with Gasteiger partial charge in [-0.3, -0.25) is 9.69 Å². The molecule has 2 aliphatic rings. The lowest BCUT2D eigenvalue weighted by Gasteiger charge is -2.18. The minimum Gasteiger partial charge on any atom is -0.346 e. The summed E-state index contributed by atoms with van der Waals surface area (Å²) in [7, 11) is 0. The first-order valence-electron chi connectivity index (χ1n) is 8.43. The molecule has 0 spiro atoms. The van der Waals surface area contributed by atoms with Crippen LogP contribution in [0, 0.1) is 5.92 Å². The van der Waals surface area contributed by atoms with E-state index < -0.39 is 0 Å². The van der Waals surface area contributed by atoms with Gasteiger partial charge in [0, 0.05) is 36.2 Å². The molecule has 2 aromatic heterocycles. The van der Waals surface area contributed by atoms with Gasteiger partial charge in [0.1, 0.15) is 5.69 Å². The Balaban J connectivity index is 1.42. The van der Waals surface area contributed by atoms with Gasteiger partial charge < -0.3 is 9.88 Å². The summed E-state index contributed by atoms with van der Waals surface area (Å²) in [6, 6.07) is 9.09. The number of nitrogens with zero attached hydrogens (tertiary/aromatic N) is 2. The smallest absolute Gasteiger partial charge is 0.268 e. The number of amides is 1. The first kappa shape index (κ1) is 15.0. The van der Waals surface area contributed by atoms with Crippen LogP contribution in [0.5, 0.6) is 0 Å². The molecule has 2 fully saturated rings. The highest BCUT2D eigenvalue weighted by atomic mass is 32.1. The van der Waals surface area contributed by atoms with Crippen molar-refractivity contribution in [3.8, 4) is 0 Å². The van der Waals surface area contributed by atoms with Crippen molar-refractivity contribution in [3.63, 3.8) is 0 Å². The normalized spacial score (nSPS) is 24.9. The van der Waals surface area contributed by atoms with Crippen LogP contribution in [0.4, 0.5) is 0 Å². The number of carbonyl (C=O) groups excluding carboxylic acids is 1. The molecule has 1 amide bonds. The third-order valence-electron chi connectivity index (χ3n) is 4.99. The van der Waals surface area contributed by atoms with Crippen molar-refractivity contribution in [3.05, 3.63) is 46.4 Å².